The van der Waals surface area contributed by atoms with E-state index in [9.17, 15) is 0 Å². The van der Waals surface area contributed by atoms with Crippen LogP contribution < -0.4 is 0 Å². The summed E-state index contributed by atoms with van der Waals surface area (Å²) in [6, 6.07) is 66.6. The normalized spacial score (nSPS) is 10.1. The first-order valence-corrected chi connectivity index (χ1v) is 36.0. The quantitative estimate of drug-likeness (QED) is 0.0607. The Labute approximate surface area is 329 Å². The van der Waals surface area contributed by atoms with E-state index >= 15 is 0 Å². The first-order chi connectivity index (χ1) is 22.8. The molecule has 6 heteroatoms. The van der Waals surface area contributed by atoms with Crippen LogP contribution in [0.15, 0.2) is 182 Å². The van der Waals surface area contributed by atoms with Gasteiger partial charge in [-0.25, -0.2) is 0 Å². The van der Waals surface area contributed by atoms with Crippen LogP contribution in [0.3, 0.4) is 0 Å². The molecule has 0 spiro atoms. The Bertz CT molecular complexity index is 1420. The summed E-state index contributed by atoms with van der Waals surface area (Å²) in [5.41, 5.74) is 9.20. The van der Waals surface area contributed by atoms with Gasteiger partial charge < -0.3 is 27.0 Å². The third-order valence-corrected chi connectivity index (χ3v) is 63.1. The van der Waals surface area contributed by atoms with Gasteiger partial charge >= 0.3 is 306 Å². The second-order valence-electron chi connectivity index (χ2n) is 11.4. The fourth-order valence-corrected chi connectivity index (χ4v) is 68.4. The van der Waals surface area contributed by atoms with Crippen molar-refractivity contribution in [3.8, 4) is 0 Å². The molecule has 0 saturated heterocycles. The van der Waals surface area contributed by atoms with Gasteiger partial charge in [0, 0.05) is 0 Å². The Morgan fingerprint density at radius 1 is 0.375 bits per heavy atom. The Morgan fingerprint density at radius 2 is 0.646 bits per heavy atom. The average Bonchev–Trinajstić information content (AvgIpc) is 3.11. The molecule has 0 amide bonds. The maximum absolute atomic E-state index is 2.56. The molecule has 0 atom stereocenters. The van der Waals surface area contributed by atoms with Crippen LogP contribution in [-0.2, 0) is 53.6 Å². The van der Waals surface area contributed by atoms with Crippen molar-refractivity contribution >= 4 is 91.0 Å². The molecule has 6 aromatic rings. The second-order valence-corrected chi connectivity index (χ2v) is 46.5. The third-order valence-electron chi connectivity index (χ3n) is 7.61. The molecule has 242 valence electrons. The van der Waals surface area contributed by atoms with Crippen molar-refractivity contribution in [2.75, 3.05) is 0 Å². The fourth-order valence-electron chi connectivity index (χ4n) is 5.31. The Balaban J connectivity index is 0.000000311. The van der Waals surface area contributed by atoms with Crippen molar-refractivity contribution < 1.29 is 0 Å². The van der Waals surface area contributed by atoms with Crippen molar-refractivity contribution in [2.24, 2.45) is 0 Å². The number of hydrogen-bond acceptors (Lipinski definition) is 3. The van der Waals surface area contributed by atoms with Gasteiger partial charge in [0.25, 0.3) is 0 Å². The molecule has 48 heavy (non-hydrogen) atoms. The van der Waals surface area contributed by atoms with Crippen molar-refractivity contribution in [3.63, 3.8) is 0 Å². The standard InChI is InChI=1S/6C7H7.2H2S.S.3Sn/c6*1-7-5-3-2-4-6-7;;;;;;/h6*2-6H,1H2;2*1H2;;;;/q;;;;;;;;;;2*+1/p-2. The SMILES string of the molecule is [SH-].[SH-].c1ccc([CH2][Sn+][CH2]c2ccccc2)cc1.c1ccc([CH2][Sn]([CH2]c2ccccc2)[S][Sn+]([CH2]c2ccccc2)[CH2]c2ccccc2)cc1. The van der Waals surface area contributed by atoms with Crippen LogP contribution in [0.25, 0.3) is 0 Å². The van der Waals surface area contributed by atoms with Crippen LogP contribution in [0.1, 0.15) is 33.4 Å². The molecule has 0 N–H and O–H groups in total. The number of rotatable bonds is 14. The predicted molar refractivity (Wildman–Crippen MR) is 223 cm³/mol. The molecular formula is C42H44S3Sn3. The Morgan fingerprint density at radius 3 is 0.958 bits per heavy atom. The molecule has 2 radical (unpaired) electrons. The van der Waals surface area contributed by atoms with Gasteiger partial charge in [0.2, 0.25) is 0 Å². The van der Waals surface area contributed by atoms with E-state index in [0.717, 1.165) is 0 Å². The summed E-state index contributed by atoms with van der Waals surface area (Å²) >= 11 is -3.68. The van der Waals surface area contributed by atoms with Gasteiger partial charge in [0.15, 0.2) is 0 Å². The van der Waals surface area contributed by atoms with Gasteiger partial charge in [-0.3, -0.25) is 0 Å². The summed E-state index contributed by atoms with van der Waals surface area (Å²) in [5.74, 6) is 0. The monoisotopic (exact) mass is 1000 g/mol. The molecule has 0 saturated carbocycles. The van der Waals surface area contributed by atoms with E-state index in [2.05, 4.69) is 188 Å². The summed E-state index contributed by atoms with van der Waals surface area (Å²) < 4.78 is 8.07. The van der Waals surface area contributed by atoms with Crippen LogP contribution in [0, 0.1) is 0 Å². The summed E-state index contributed by atoms with van der Waals surface area (Å²) in [4.78, 5) is 0. The Kier molecular flexibility index (Phi) is 21.3. The van der Waals surface area contributed by atoms with Gasteiger partial charge in [0.1, 0.15) is 0 Å². The van der Waals surface area contributed by atoms with Crippen molar-refractivity contribution in [2.45, 2.75) is 26.6 Å². The zero-order chi connectivity index (χ0) is 31.5. The van der Waals surface area contributed by atoms with E-state index in [1.54, 1.807) is 22.3 Å². The van der Waals surface area contributed by atoms with Crippen molar-refractivity contribution in [1.29, 1.82) is 0 Å². The second kappa shape index (κ2) is 24.8. The predicted octanol–water partition coefficient (Wildman–Crippen LogP) is 9.38. The van der Waals surface area contributed by atoms with E-state index < -0.39 is 36.8 Å². The average molecular weight is 1000 g/mol. The molecule has 0 bridgehead atoms. The molecule has 0 fully saturated rings. The number of benzene rings is 6. The van der Waals surface area contributed by atoms with E-state index in [-0.39, 0.29) is 48.1 Å². The minimum absolute atomic E-state index is 0. The zero-order valence-electron chi connectivity index (χ0n) is 27.4. The van der Waals surface area contributed by atoms with Crippen molar-refractivity contribution in [3.05, 3.63) is 215 Å². The number of hydrogen-bond donors (Lipinski definition) is 0. The van der Waals surface area contributed by atoms with Gasteiger partial charge in [-0.1, -0.05) is 0 Å². The minimum atomic E-state index is -1.71. The van der Waals surface area contributed by atoms with Gasteiger partial charge in [-0.2, -0.15) is 0 Å². The van der Waals surface area contributed by atoms with E-state index in [0.29, 0.717) is 0 Å². The first kappa shape index (κ1) is 41.2. The van der Waals surface area contributed by atoms with E-state index in [4.69, 9.17) is 0 Å². The molecule has 0 unspecified atom stereocenters. The molecule has 0 aliphatic rings. The molecule has 6 aromatic carbocycles. The Hall–Kier alpha value is -1.23. The maximum atomic E-state index is 2.56. The van der Waals surface area contributed by atoms with Crippen LogP contribution in [0.5, 0.6) is 0 Å². The van der Waals surface area contributed by atoms with Gasteiger partial charge in [-0.05, 0) is 0 Å². The zero-order valence-corrected chi connectivity index (χ0v) is 38.5. The van der Waals surface area contributed by atoms with Crippen molar-refractivity contribution in [1.82, 2.24) is 0 Å². The molecular weight excluding hydrogens is 957 g/mol. The summed E-state index contributed by atoms with van der Waals surface area (Å²) in [6.45, 7) is 0. The third kappa shape index (κ3) is 16.2. The van der Waals surface area contributed by atoms with Gasteiger partial charge in [-0.15, -0.1) is 0 Å². The summed E-state index contributed by atoms with van der Waals surface area (Å²) in [7, 11) is 0. The van der Waals surface area contributed by atoms with Crippen LogP contribution >= 0.6 is 6.13 Å². The van der Waals surface area contributed by atoms with Crippen LogP contribution in [0.4, 0.5) is 0 Å². The topological polar surface area (TPSA) is 0 Å². The van der Waals surface area contributed by atoms with Crippen LogP contribution in [0.2, 0.25) is 0 Å². The molecule has 0 aliphatic heterocycles. The fraction of sp³-hybridized carbons (Fsp3) is 0.143. The van der Waals surface area contributed by atoms with Crippen LogP contribution in [-0.4, -0.2) is 57.9 Å². The van der Waals surface area contributed by atoms with Gasteiger partial charge in [0.05, 0.1) is 0 Å². The molecule has 0 heterocycles. The molecule has 0 aliphatic carbocycles. The van der Waals surface area contributed by atoms with E-state index in [1.165, 1.54) is 37.7 Å². The van der Waals surface area contributed by atoms with E-state index in [1.807, 2.05) is 0 Å². The molecule has 0 aromatic heterocycles. The number of thiol groups is 2. The summed E-state index contributed by atoms with van der Waals surface area (Å²) in [5, 5.41) is 0. The molecule has 0 nitrogen and oxygen atoms in total. The summed E-state index contributed by atoms with van der Waals surface area (Å²) in [6.07, 6.45) is 2.56. The molecule has 6 rings (SSSR count). The first-order valence-electron chi connectivity index (χ1n) is 16.1.